The van der Waals surface area contributed by atoms with Crippen molar-refractivity contribution in [3.63, 3.8) is 0 Å². The summed E-state index contributed by atoms with van der Waals surface area (Å²) in [5, 5.41) is 12.1. The molecule has 0 aromatic carbocycles. The van der Waals surface area contributed by atoms with Crippen molar-refractivity contribution < 1.29 is 9.90 Å². The summed E-state index contributed by atoms with van der Waals surface area (Å²) in [7, 11) is 0. The van der Waals surface area contributed by atoms with Crippen LogP contribution in [0.2, 0.25) is 0 Å². The molecule has 2 N–H and O–H groups in total. The first-order chi connectivity index (χ1) is 8.13. The summed E-state index contributed by atoms with van der Waals surface area (Å²) in [6.45, 7) is 6.97. The van der Waals surface area contributed by atoms with Gasteiger partial charge in [0.1, 0.15) is 0 Å². The van der Waals surface area contributed by atoms with Crippen LogP contribution in [-0.2, 0) is 4.79 Å². The van der Waals surface area contributed by atoms with Gasteiger partial charge in [-0.05, 0) is 31.7 Å². The molecule has 0 bridgehead atoms. The van der Waals surface area contributed by atoms with E-state index in [0.717, 1.165) is 38.9 Å². The Kier molecular flexibility index (Phi) is 6.52. The molecule has 4 nitrogen and oxygen atoms in total. The second-order valence-corrected chi connectivity index (χ2v) is 5.31. The molecule has 4 heteroatoms. The SMILES string of the molecule is CC(C)CC(=O)N1CCCC(NCCCO)C1. The van der Waals surface area contributed by atoms with E-state index in [1.54, 1.807) is 0 Å². The summed E-state index contributed by atoms with van der Waals surface area (Å²) in [6, 6.07) is 0.409. The zero-order chi connectivity index (χ0) is 12.7. The molecule has 1 rings (SSSR count). The summed E-state index contributed by atoms with van der Waals surface area (Å²) < 4.78 is 0. The van der Waals surface area contributed by atoms with E-state index >= 15 is 0 Å². The minimum atomic E-state index is 0.232. The van der Waals surface area contributed by atoms with Gasteiger partial charge in [-0.1, -0.05) is 13.8 Å². The Labute approximate surface area is 104 Å². The zero-order valence-electron chi connectivity index (χ0n) is 11.1. The van der Waals surface area contributed by atoms with Crippen LogP contribution in [0.15, 0.2) is 0 Å². The number of nitrogens with one attached hydrogen (secondary N) is 1. The molecule has 0 spiro atoms. The first-order valence-electron chi connectivity index (χ1n) is 6.75. The van der Waals surface area contributed by atoms with E-state index in [1.807, 2.05) is 4.90 Å². The fourth-order valence-corrected chi connectivity index (χ4v) is 2.23. The molecule has 0 aromatic heterocycles. The maximum Gasteiger partial charge on any atom is 0.222 e. The number of carbonyl (C=O) groups excluding carboxylic acids is 1. The Morgan fingerprint density at radius 3 is 2.94 bits per heavy atom. The summed E-state index contributed by atoms with van der Waals surface area (Å²) in [5.74, 6) is 0.721. The second kappa shape index (κ2) is 7.67. The molecule has 1 amide bonds. The second-order valence-electron chi connectivity index (χ2n) is 5.31. The van der Waals surface area contributed by atoms with Crippen LogP contribution in [0.25, 0.3) is 0 Å². The largest absolute Gasteiger partial charge is 0.396 e. The van der Waals surface area contributed by atoms with Crippen molar-refractivity contribution in [2.24, 2.45) is 5.92 Å². The molecule has 1 fully saturated rings. The van der Waals surface area contributed by atoms with E-state index in [2.05, 4.69) is 19.2 Å². The lowest BCUT2D eigenvalue weighted by molar-refractivity contribution is -0.133. The molecule has 0 radical (unpaired) electrons. The number of nitrogens with zero attached hydrogens (tertiary/aromatic N) is 1. The number of aliphatic hydroxyl groups is 1. The van der Waals surface area contributed by atoms with Crippen LogP contribution in [0, 0.1) is 5.92 Å². The Morgan fingerprint density at radius 2 is 2.29 bits per heavy atom. The average molecular weight is 242 g/mol. The van der Waals surface area contributed by atoms with Crippen molar-refractivity contribution in [1.82, 2.24) is 10.2 Å². The predicted octanol–water partition coefficient (Wildman–Crippen LogP) is 0.995. The number of hydrogen-bond donors (Lipinski definition) is 2. The van der Waals surface area contributed by atoms with Gasteiger partial charge in [-0.2, -0.15) is 0 Å². The predicted molar refractivity (Wildman–Crippen MR) is 68.8 cm³/mol. The van der Waals surface area contributed by atoms with Crippen molar-refractivity contribution in [2.75, 3.05) is 26.2 Å². The molecular formula is C13H26N2O2. The van der Waals surface area contributed by atoms with E-state index in [0.29, 0.717) is 18.4 Å². The van der Waals surface area contributed by atoms with E-state index in [9.17, 15) is 4.79 Å². The number of piperidine rings is 1. The van der Waals surface area contributed by atoms with E-state index < -0.39 is 0 Å². The molecule has 1 aliphatic heterocycles. The highest BCUT2D eigenvalue weighted by Crippen LogP contribution is 2.13. The quantitative estimate of drug-likeness (QED) is 0.683. The topological polar surface area (TPSA) is 52.6 Å². The van der Waals surface area contributed by atoms with Crippen molar-refractivity contribution in [3.05, 3.63) is 0 Å². The first-order valence-corrected chi connectivity index (χ1v) is 6.75. The van der Waals surface area contributed by atoms with Crippen molar-refractivity contribution in [2.45, 2.75) is 45.6 Å². The van der Waals surface area contributed by atoms with Gasteiger partial charge in [0, 0.05) is 32.2 Å². The van der Waals surface area contributed by atoms with Crippen LogP contribution in [0.5, 0.6) is 0 Å². The van der Waals surface area contributed by atoms with Crippen molar-refractivity contribution in [1.29, 1.82) is 0 Å². The average Bonchev–Trinajstić information content (AvgIpc) is 2.29. The third-order valence-corrected chi connectivity index (χ3v) is 3.12. The Hall–Kier alpha value is -0.610. The number of hydrogen-bond acceptors (Lipinski definition) is 3. The molecule has 1 atom stereocenters. The van der Waals surface area contributed by atoms with Gasteiger partial charge in [0.15, 0.2) is 0 Å². The minimum absolute atomic E-state index is 0.232. The number of likely N-dealkylation sites (tertiary alicyclic amines) is 1. The van der Waals surface area contributed by atoms with Gasteiger partial charge in [-0.3, -0.25) is 4.79 Å². The molecule has 17 heavy (non-hydrogen) atoms. The highest BCUT2D eigenvalue weighted by molar-refractivity contribution is 5.76. The molecular weight excluding hydrogens is 216 g/mol. The lowest BCUT2D eigenvalue weighted by Crippen LogP contribution is -2.48. The fraction of sp³-hybridized carbons (Fsp3) is 0.923. The van der Waals surface area contributed by atoms with Gasteiger partial charge >= 0.3 is 0 Å². The van der Waals surface area contributed by atoms with Crippen molar-refractivity contribution in [3.8, 4) is 0 Å². The summed E-state index contributed by atoms with van der Waals surface area (Å²) >= 11 is 0. The Balaban J connectivity index is 2.30. The molecule has 1 unspecified atom stereocenters. The molecule has 100 valence electrons. The van der Waals surface area contributed by atoms with Gasteiger partial charge in [-0.15, -0.1) is 0 Å². The summed E-state index contributed by atoms with van der Waals surface area (Å²) in [6.07, 6.45) is 3.66. The van der Waals surface area contributed by atoms with Crippen LogP contribution in [0.1, 0.15) is 39.5 Å². The van der Waals surface area contributed by atoms with Crippen molar-refractivity contribution >= 4 is 5.91 Å². The van der Waals surface area contributed by atoms with Crippen LogP contribution in [0.4, 0.5) is 0 Å². The maximum atomic E-state index is 11.9. The first kappa shape index (κ1) is 14.5. The van der Waals surface area contributed by atoms with Gasteiger partial charge in [-0.25, -0.2) is 0 Å². The number of amides is 1. The Bertz CT molecular complexity index is 231. The molecule has 1 saturated heterocycles. The van der Waals surface area contributed by atoms with Gasteiger partial charge < -0.3 is 15.3 Å². The standard InChI is InChI=1S/C13H26N2O2/c1-11(2)9-13(17)15-7-3-5-12(10-15)14-6-4-8-16/h11-12,14,16H,3-10H2,1-2H3. The molecule has 1 aliphatic rings. The van der Waals surface area contributed by atoms with Crippen LogP contribution in [0.3, 0.4) is 0 Å². The van der Waals surface area contributed by atoms with Gasteiger partial charge in [0.25, 0.3) is 0 Å². The normalized spacial score (nSPS) is 20.9. The third kappa shape index (κ3) is 5.50. The minimum Gasteiger partial charge on any atom is -0.396 e. The van der Waals surface area contributed by atoms with Gasteiger partial charge in [0.05, 0.1) is 0 Å². The summed E-state index contributed by atoms with van der Waals surface area (Å²) in [5.41, 5.74) is 0. The fourth-order valence-electron chi connectivity index (χ4n) is 2.23. The van der Waals surface area contributed by atoms with Crippen LogP contribution >= 0.6 is 0 Å². The number of aliphatic hydroxyl groups excluding tert-OH is 1. The van der Waals surface area contributed by atoms with E-state index in [-0.39, 0.29) is 12.5 Å². The molecule has 0 saturated carbocycles. The highest BCUT2D eigenvalue weighted by Gasteiger charge is 2.23. The van der Waals surface area contributed by atoms with Gasteiger partial charge in [0.2, 0.25) is 5.91 Å². The lowest BCUT2D eigenvalue weighted by atomic mass is 10.0. The van der Waals surface area contributed by atoms with Crippen LogP contribution < -0.4 is 5.32 Å². The number of carbonyl (C=O) groups is 1. The smallest absolute Gasteiger partial charge is 0.222 e. The third-order valence-electron chi connectivity index (χ3n) is 3.12. The maximum absolute atomic E-state index is 11.9. The summed E-state index contributed by atoms with van der Waals surface area (Å²) in [4.78, 5) is 13.9. The number of rotatable bonds is 6. The Morgan fingerprint density at radius 1 is 1.53 bits per heavy atom. The highest BCUT2D eigenvalue weighted by atomic mass is 16.3. The monoisotopic (exact) mass is 242 g/mol. The zero-order valence-corrected chi connectivity index (χ0v) is 11.1. The lowest BCUT2D eigenvalue weighted by Gasteiger charge is -2.33. The van der Waals surface area contributed by atoms with E-state index in [4.69, 9.17) is 5.11 Å². The van der Waals surface area contributed by atoms with E-state index in [1.165, 1.54) is 0 Å². The van der Waals surface area contributed by atoms with Crippen LogP contribution in [-0.4, -0.2) is 48.2 Å². The molecule has 0 aliphatic carbocycles. The molecule has 1 heterocycles. The molecule has 0 aromatic rings.